The fourth-order valence-electron chi connectivity index (χ4n) is 3.80. The molecule has 0 aromatic carbocycles. The second kappa shape index (κ2) is 20.4. The molecule has 33 heavy (non-hydrogen) atoms. The smallest absolute Gasteiger partial charge is 0.327 e. The predicted octanol–water partition coefficient (Wildman–Crippen LogP) is 3.49. The number of aliphatic hydroxyl groups is 1. The summed E-state index contributed by atoms with van der Waals surface area (Å²) in [5.74, 6) is -0.361. The molecule has 0 spiro atoms. The molecule has 0 saturated heterocycles. The molecule has 0 bridgehead atoms. The number of aliphatic carboxylic acids is 1. The highest BCUT2D eigenvalue weighted by molar-refractivity contribution is 5.94. The van der Waals surface area contributed by atoms with Gasteiger partial charge in [-0.3, -0.25) is 10.2 Å². The standard InChI is InChI=1S/C20H32O4.C5H14N4/c1-2-3-6-9-17(21)14-12-16-13-15-19(22)18(16)10-7-4-5-8-11-20(23)24;6-3-1-2-4-9-5(7)8/h8,11,13,15-18,21H,2-7,9-10,12,14H2,1H3,(H,23,24);1-4,6H2,(H4,7,8,9)/t16-,17-,18+;/m0./s1. The topological polar surface area (TPSA) is 163 Å². The molecular weight excluding hydrogens is 420 g/mol. The quantitative estimate of drug-likeness (QED) is 0.0827. The predicted molar refractivity (Wildman–Crippen MR) is 134 cm³/mol. The Morgan fingerprint density at radius 3 is 2.58 bits per heavy atom. The van der Waals surface area contributed by atoms with E-state index < -0.39 is 5.97 Å². The van der Waals surface area contributed by atoms with Crippen LogP contribution in [0.3, 0.4) is 0 Å². The zero-order chi connectivity index (χ0) is 24.9. The minimum atomic E-state index is -0.914. The first-order valence-corrected chi connectivity index (χ1v) is 12.4. The largest absolute Gasteiger partial charge is 0.478 e. The van der Waals surface area contributed by atoms with E-state index in [2.05, 4.69) is 12.2 Å². The van der Waals surface area contributed by atoms with E-state index in [4.69, 9.17) is 22.0 Å². The lowest BCUT2D eigenvalue weighted by molar-refractivity contribution is -0.131. The number of carbonyl (C=O) groups is 2. The van der Waals surface area contributed by atoms with Gasteiger partial charge in [0.25, 0.3) is 0 Å². The molecule has 0 fully saturated rings. The number of carbonyl (C=O) groups excluding carboxylic acids is 1. The molecule has 1 rings (SSSR count). The minimum Gasteiger partial charge on any atom is -0.478 e. The van der Waals surface area contributed by atoms with Gasteiger partial charge in [0.1, 0.15) is 0 Å². The molecular formula is C25H46N4O4. The van der Waals surface area contributed by atoms with E-state index in [9.17, 15) is 14.7 Å². The van der Waals surface area contributed by atoms with E-state index in [0.29, 0.717) is 6.54 Å². The van der Waals surface area contributed by atoms with Crippen LogP contribution in [0, 0.1) is 17.2 Å². The summed E-state index contributed by atoms with van der Waals surface area (Å²) < 4.78 is 0. The highest BCUT2D eigenvalue weighted by atomic mass is 16.4. The van der Waals surface area contributed by atoms with Crippen LogP contribution in [0.1, 0.15) is 84.0 Å². The fraction of sp³-hybridized carbons (Fsp3) is 0.720. The SMILES string of the molecule is CCCCC[C@H](O)CC[C@H]1C=CC(=O)[C@@H]1CCCCC=CC(=O)O.N=C(N)NCCCCN. The number of aliphatic hydroxyl groups excluding tert-OH is 1. The van der Waals surface area contributed by atoms with Crippen LogP contribution < -0.4 is 16.8 Å². The molecule has 190 valence electrons. The highest BCUT2D eigenvalue weighted by Crippen LogP contribution is 2.31. The molecule has 0 saturated carbocycles. The van der Waals surface area contributed by atoms with Crippen LogP contribution in [0.2, 0.25) is 0 Å². The maximum Gasteiger partial charge on any atom is 0.327 e. The molecule has 8 heteroatoms. The molecule has 0 heterocycles. The van der Waals surface area contributed by atoms with Gasteiger partial charge in [0.2, 0.25) is 0 Å². The van der Waals surface area contributed by atoms with Crippen LogP contribution in [0.25, 0.3) is 0 Å². The molecule has 3 atom stereocenters. The molecule has 0 aromatic rings. The minimum absolute atomic E-state index is 0.0343. The molecule has 0 aromatic heterocycles. The van der Waals surface area contributed by atoms with Crippen LogP contribution in [-0.2, 0) is 9.59 Å². The van der Waals surface area contributed by atoms with Gasteiger partial charge in [0, 0.05) is 18.5 Å². The number of allylic oxidation sites excluding steroid dienone is 3. The number of ketones is 1. The number of nitrogens with two attached hydrogens (primary N) is 2. The number of unbranched alkanes of at least 4 members (excludes halogenated alkanes) is 5. The van der Waals surface area contributed by atoms with Crippen molar-refractivity contribution < 1.29 is 19.8 Å². The van der Waals surface area contributed by atoms with Crippen molar-refractivity contribution in [3.8, 4) is 0 Å². The fourth-order valence-corrected chi connectivity index (χ4v) is 3.80. The lowest BCUT2D eigenvalue weighted by atomic mass is 9.85. The number of nitrogens with one attached hydrogen (secondary N) is 2. The first-order chi connectivity index (χ1) is 15.8. The van der Waals surface area contributed by atoms with Crippen molar-refractivity contribution in [3.63, 3.8) is 0 Å². The third-order valence-corrected chi connectivity index (χ3v) is 5.71. The summed E-state index contributed by atoms with van der Waals surface area (Å²) in [5, 5.41) is 28.0. The molecule has 0 amide bonds. The summed E-state index contributed by atoms with van der Waals surface area (Å²) in [6.45, 7) is 3.62. The summed E-state index contributed by atoms with van der Waals surface area (Å²) >= 11 is 0. The maximum absolute atomic E-state index is 12.0. The zero-order valence-corrected chi connectivity index (χ0v) is 20.3. The van der Waals surface area contributed by atoms with Gasteiger partial charge in [-0.05, 0) is 69.9 Å². The van der Waals surface area contributed by atoms with Crippen molar-refractivity contribution in [2.24, 2.45) is 23.3 Å². The lowest BCUT2D eigenvalue weighted by Gasteiger charge is -2.19. The summed E-state index contributed by atoms with van der Waals surface area (Å²) in [7, 11) is 0. The molecule has 0 aliphatic heterocycles. The monoisotopic (exact) mass is 466 g/mol. The average Bonchev–Trinajstić information content (AvgIpc) is 3.12. The van der Waals surface area contributed by atoms with Crippen LogP contribution in [0.15, 0.2) is 24.3 Å². The Morgan fingerprint density at radius 1 is 1.18 bits per heavy atom. The van der Waals surface area contributed by atoms with Crippen molar-refractivity contribution in [3.05, 3.63) is 24.3 Å². The average molecular weight is 467 g/mol. The summed E-state index contributed by atoms with van der Waals surface area (Å²) in [4.78, 5) is 22.4. The van der Waals surface area contributed by atoms with Gasteiger partial charge in [0.15, 0.2) is 11.7 Å². The Morgan fingerprint density at radius 2 is 1.94 bits per heavy atom. The van der Waals surface area contributed by atoms with Crippen LogP contribution >= 0.6 is 0 Å². The van der Waals surface area contributed by atoms with Crippen LogP contribution in [0.5, 0.6) is 0 Å². The van der Waals surface area contributed by atoms with Gasteiger partial charge < -0.3 is 27.0 Å². The van der Waals surface area contributed by atoms with E-state index in [1.807, 2.05) is 6.08 Å². The van der Waals surface area contributed by atoms with E-state index in [-0.39, 0.29) is 29.7 Å². The molecule has 1 aliphatic rings. The first kappa shape index (κ1) is 30.8. The number of guanidine groups is 1. The van der Waals surface area contributed by atoms with Crippen molar-refractivity contribution in [1.82, 2.24) is 5.32 Å². The molecule has 0 unspecified atom stereocenters. The van der Waals surface area contributed by atoms with Crippen LogP contribution in [-0.4, -0.2) is 47.1 Å². The number of hydrogen-bond donors (Lipinski definition) is 6. The Kier molecular flexibility index (Phi) is 19.1. The van der Waals surface area contributed by atoms with Gasteiger partial charge in [-0.25, -0.2) is 4.79 Å². The maximum atomic E-state index is 12.0. The second-order valence-corrected chi connectivity index (χ2v) is 8.62. The highest BCUT2D eigenvalue weighted by Gasteiger charge is 2.29. The molecule has 8 nitrogen and oxygen atoms in total. The molecule has 8 N–H and O–H groups in total. The number of carboxylic acids is 1. The van der Waals surface area contributed by atoms with Crippen molar-refractivity contribution in [2.75, 3.05) is 13.1 Å². The Balaban J connectivity index is 0.000000960. The Bertz CT molecular complexity index is 607. The first-order valence-electron chi connectivity index (χ1n) is 12.4. The van der Waals surface area contributed by atoms with Gasteiger partial charge >= 0.3 is 5.97 Å². The number of carboxylic acid groups (broad SMARTS) is 1. The van der Waals surface area contributed by atoms with Crippen molar-refractivity contribution >= 4 is 17.7 Å². The van der Waals surface area contributed by atoms with Gasteiger partial charge in [-0.1, -0.05) is 44.8 Å². The van der Waals surface area contributed by atoms with Crippen LogP contribution in [0.4, 0.5) is 0 Å². The van der Waals surface area contributed by atoms with E-state index in [1.165, 1.54) is 6.08 Å². The van der Waals surface area contributed by atoms with E-state index >= 15 is 0 Å². The van der Waals surface area contributed by atoms with Gasteiger partial charge in [0.05, 0.1) is 6.10 Å². The van der Waals surface area contributed by atoms with Crippen molar-refractivity contribution in [2.45, 2.75) is 90.1 Å². The zero-order valence-electron chi connectivity index (χ0n) is 20.3. The summed E-state index contributed by atoms with van der Waals surface area (Å²) in [6.07, 6.45) is 17.6. The number of hydrogen-bond acceptors (Lipinski definition) is 5. The lowest BCUT2D eigenvalue weighted by Crippen LogP contribution is -2.31. The third-order valence-electron chi connectivity index (χ3n) is 5.71. The second-order valence-electron chi connectivity index (χ2n) is 8.62. The third kappa shape index (κ3) is 18.0. The summed E-state index contributed by atoms with van der Waals surface area (Å²) in [6, 6.07) is 0. The van der Waals surface area contributed by atoms with E-state index in [0.717, 1.165) is 83.6 Å². The van der Waals surface area contributed by atoms with Gasteiger partial charge in [-0.15, -0.1) is 0 Å². The Hall–Kier alpha value is -2.19. The molecule has 0 radical (unpaired) electrons. The molecule has 1 aliphatic carbocycles. The van der Waals surface area contributed by atoms with E-state index in [1.54, 1.807) is 12.2 Å². The summed E-state index contributed by atoms with van der Waals surface area (Å²) in [5.41, 5.74) is 10.2. The van der Waals surface area contributed by atoms with Crippen molar-refractivity contribution in [1.29, 1.82) is 5.41 Å². The number of rotatable bonds is 17. The normalized spacial score (nSPS) is 18.2. The van der Waals surface area contributed by atoms with Gasteiger partial charge in [-0.2, -0.15) is 0 Å². The Labute approximate surface area is 199 Å².